The molecule has 1 aliphatic rings. The Balaban J connectivity index is 0.00000128. The largest absolute Gasteiger partial charge is 0.438 e. The number of nitrogens with zero attached hydrogens (tertiary/aromatic N) is 2. The minimum absolute atomic E-state index is 0. The third-order valence-corrected chi connectivity index (χ3v) is 2.70. The van der Waals surface area contributed by atoms with Crippen molar-refractivity contribution in [3.63, 3.8) is 0 Å². The number of oxazole rings is 1. The lowest BCUT2D eigenvalue weighted by molar-refractivity contribution is 0.0622. The Morgan fingerprint density at radius 2 is 2.29 bits per heavy atom. The van der Waals surface area contributed by atoms with E-state index in [1.54, 1.807) is 6.92 Å². The lowest BCUT2D eigenvalue weighted by Crippen LogP contribution is -2.52. The van der Waals surface area contributed by atoms with E-state index in [4.69, 9.17) is 4.42 Å². The molecule has 2 rings (SSSR count). The van der Waals surface area contributed by atoms with Gasteiger partial charge in [0.25, 0.3) is 5.91 Å². The molecule has 1 amide bonds. The van der Waals surface area contributed by atoms with Gasteiger partial charge in [0, 0.05) is 25.7 Å². The maximum Gasteiger partial charge on any atom is 0.291 e. The molecule has 0 unspecified atom stereocenters. The van der Waals surface area contributed by atoms with Crippen molar-refractivity contribution in [3.05, 3.63) is 17.8 Å². The quantitative estimate of drug-likeness (QED) is 0.842. The van der Waals surface area contributed by atoms with Gasteiger partial charge in [-0.25, -0.2) is 4.98 Å². The fourth-order valence-electron chi connectivity index (χ4n) is 1.78. The van der Waals surface area contributed by atoms with Crippen LogP contribution in [0.5, 0.6) is 0 Å². The number of halogens is 2. The average Bonchev–Trinajstić information content (AvgIpc) is 2.64. The first-order valence-corrected chi connectivity index (χ1v) is 5.12. The second-order valence-electron chi connectivity index (χ2n) is 3.82. The monoisotopic (exact) mass is 281 g/mol. The Hall–Kier alpha value is -0.780. The molecule has 5 nitrogen and oxygen atoms in total. The van der Waals surface area contributed by atoms with Crippen LogP contribution in [0.1, 0.15) is 23.2 Å². The molecular weight excluding hydrogens is 265 g/mol. The van der Waals surface area contributed by atoms with Gasteiger partial charge in [-0.3, -0.25) is 4.79 Å². The molecule has 2 heterocycles. The summed E-state index contributed by atoms with van der Waals surface area (Å²) in [5, 5.41) is 3.24. The van der Waals surface area contributed by atoms with E-state index in [1.807, 2.05) is 11.8 Å². The lowest BCUT2D eigenvalue weighted by atomic mass is 10.2. The fraction of sp³-hybridized carbons (Fsp3) is 0.600. The summed E-state index contributed by atoms with van der Waals surface area (Å²) in [6, 6.07) is 0.204. The summed E-state index contributed by atoms with van der Waals surface area (Å²) in [6.07, 6.45) is 1.31. The van der Waals surface area contributed by atoms with Gasteiger partial charge >= 0.3 is 0 Å². The number of piperazine rings is 1. The summed E-state index contributed by atoms with van der Waals surface area (Å²) in [5.74, 6) is 0.308. The lowest BCUT2D eigenvalue weighted by Gasteiger charge is -2.33. The smallest absolute Gasteiger partial charge is 0.291 e. The third-order valence-electron chi connectivity index (χ3n) is 2.70. The van der Waals surface area contributed by atoms with Crippen molar-refractivity contribution in [2.45, 2.75) is 19.9 Å². The molecule has 0 bridgehead atoms. The number of rotatable bonds is 1. The van der Waals surface area contributed by atoms with E-state index in [2.05, 4.69) is 10.3 Å². The number of hydrogen-bond donors (Lipinski definition) is 1. The van der Waals surface area contributed by atoms with E-state index in [9.17, 15) is 4.79 Å². The van der Waals surface area contributed by atoms with Gasteiger partial charge in [-0.2, -0.15) is 0 Å². The molecule has 0 aliphatic carbocycles. The molecule has 98 valence electrons. The minimum atomic E-state index is -0.0565. The molecule has 0 spiro atoms. The zero-order valence-corrected chi connectivity index (χ0v) is 11.4. The van der Waals surface area contributed by atoms with E-state index in [1.165, 1.54) is 6.39 Å². The van der Waals surface area contributed by atoms with Crippen molar-refractivity contribution in [1.82, 2.24) is 15.2 Å². The van der Waals surface area contributed by atoms with E-state index >= 15 is 0 Å². The Bertz CT molecular complexity index is 370. The molecule has 0 radical (unpaired) electrons. The van der Waals surface area contributed by atoms with Crippen LogP contribution >= 0.6 is 24.8 Å². The van der Waals surface area contributed by atoms with Crippen LogP contribution in [0.25, 0.3) is 0 Å². The molecule has 0 aromatic carbocycles. The number of aryl methyl sites for hydroxylation is 1. The number of carbonyl (C=O) groups excluding carboxylic acids is 1. The zero-order valence-electron chi connectivity index (χ0n) is 9.80. The Labute approximate surface area is 113 Å². The zero-order chi connectivity index (χ0) is 10.8. The topological polar surface area (TPSA) is 58.4 Å². The van der Waals surface area contributed by atoms with Crippen LogP contribution in [-0.2, 0) is 0 Å². The first kappa shape index (κ1) is 16.2. The summed E-state index contributed by atoms with van der Waals surface area (Å²) in [7, 11) is 0. The van der Waals surface area contributed by atoms with Crippen LogP contribution in [0, 0.1) is 6.92 Å². The normalized spacial score (nSPS) is 19.2. The Morgan fingerprint density at radius 1 is 1.59 bits per heavy atom. The molecule has 1 atom stereocenters. The van der Waals surface area contributed by atoms with Gasteiger partial charge in [0.05, 0.1) is 5.69 Å². The minimum Gasteiger partial charge on any atom is -0.438 e. The van der Waals surface area contributed by atoms with Crippen molar-refractivity contribution in [3.8, 4) is 0 Å². The molecule has 1 aliphatic heterocycles. The molecule has 0 saturated carbocycles. The molecule has 1 aromatic rings. The standard InChI is InChI=1S/C10H15N3O2.2ClH/c1-7-5-11-3-4-13(7)10(14)9-8(2)12-6-15-9;;/h6-7,11H,3-5H2,1-2H3;2*1H/t7-;;/m0../s1. The first-order chi connectivity index (χ1) is 7.20. The van der Waals surface area contributed by atoms with Gasteiger partial charge < -0.3 is 14.6 Å². The number of nitrogens with one attached hydrogen (secondary N) is 1. The number of carbonyl (C=O) groups is 1. The van der Waals surface area contributed by atoms with Crippen LogP contribution < -0.4 is 5.32 Å². The number of amides is 1. The second-order valence-corrected chi connectivity index (χ2v) is 3.82. The molecule has 1 aromatic heterocycles. The highest BCUT2D eigenvalue weighted by Crippen LogP contribution is 2.12. The van der Waals surface area contributed by atoms with Gasteiger partial charge in [0.2, 0.25) is 5.76 Å². The summed E-state index contributed by atoms with van der Waals surface area (Å²) in [6.45, 7) is 6.20. The third kappa shape index (κ3) is 3.34. The molecular formula is C10H17Cl2N3O2. The van der Waals surface area contributed by atoms with Crippen molar-refractivity contribution < 1.29 is 9.21 Å². The van der Waals surface area contributed by atoms with E-state index in [0.717, 1.165) is 19.6 Å². The van der Waals surface area contributed by atoms with Gasteiger partial charge in [0.1, 0.15) is 0 Å². The number of hydrogen-bond acceptors (Lipinski definition) is 4. The van der Waals surface area contributed by atoms with Crippen LogP contribution in [-0.4, -0.2) is 41.5 Å². The maximum atomic E-state index is 12.1. The van der Waals surface area contributed by atoms with Crippen LogP contribution in [0.4, 0.5) is 0 Å². The van der Waals surface area contributed by atoms with Gasteiger partial charge in [0.15, 0.2) is 6.39 Å². The van der Waals surface area contributed by atoms with E-state index in [0.29, 0.717) is 11.5 Å². The van der Waals surface area contributed by atoms with E-state index in [-0.39, 0.29) is 36.8 Å². The van der Waals surface area contributed by atoms with Crippen molar-refractivity contribution >= 4 is 30.7 Å². The average molecular weight is 282 g/mol. The second kappa shape index (κ2) is 6.83. The van der Waals surface area contributed by atoms with Crippen LogP contribution in [0.15, 0.2) is 10.8 Å². The van der Waals surface area contributed by atoms with Gasteiger partial charge in [-0.15, -0.1) is 24.8 Å². The van der Waals surface area contributed by atoms with Crippen molar-refractivity contribution in [2.75, 3.05) is 19.6 Å². The first-order valence-electron chi connectivity index (χ1n) is 5.12. The number of aromatic nitrogens is 1. The van der Waals surface area contributed by atoms with Gasteiger partial charge in [-0.05, 0) is 13.8 Å². The highest BCUT2D eigenvalue weighted by molar-refractivity contribution is 5.92. The predicted molar refractivity (Wildman–Crippen MR) is 69.1 cm³/mol. The highest BCUT2D eigenvalue weighted by Gasteiger charge is 2.27. The van der Waals surface area contributed by atoms with Crippen LogP contribution in [0.2, 0.25) is 0 Å². The maximum absolute atomic E-state index is 12.1. The molecule has 1 saturated heterocycles. The van der Waals surface area contributed by atoms with E-state index < -0.39 is 0 Å². The molecule has 17 heavy (non-hydrogen) atoms. The predicted octanol–water partition coefficient (Wildman–Crippen LogP) is 1.26. The van der Waals surface area contributed by atoms with Crippen molar-refractivity contribution in [2.24, 2.45) is 0 Å². The Kier molecular flexibility index (Phi) is 6.52. The van der Waals surface area contributed by atoms with Crippen molar-refractivity contribution in [1.29, 1.82) is 0 Å². The molecule has 1 fully saturated rings. The van der Waals surface area contributed by atoms with Gasteiger partial charge in [-0.1, -0.05) is 0 Å². The fourth-order valence-corrected chi connectivity index (χ4v) is 1.78. The Morgan fingerprint density at radius 3 is 2.82 bits per heavy atom. The SMILES string of the molecule is Cc1ncoc1C(=O)N1CCNC[C@@H]1C.Cl.Cl. The summed E-state index contributed by atoms with van der Waals surface area (Å²) < 4.78 is 5.10. The summed E-state index contributed by atoms with van der Waals surface area (Å²) >= 11 is 0. The van der Waals surface area contributed by atoms with Crippen LogP contribution in [0.3, 0.4) is 0 Å². The highest BCUT2D eigenvalue weighted by atomic mass is 35.5. The summed E-state index contributed by atoms with van der Waals surface area (Å²) in [4.78, 5) is 17.8. The molecule has 7 heteroatoms. The summed E-state index contributed by atoms with van der Waals surface area (Å²) in [5.41, 5.74) is 0.658. The molecule has 1 N–H and O–H groups in total.